The Balaban J connectivity index is 1.22. The maximum Gasteiger partial charge on any atom is 0.414 e. The average molecular weight is 626 g/mol. The van der Waals surface area contributed by atoms with Gasteiger partial charge in [-0.1, -0.05) is 30.3 Å². The molecule has 0 aliphatic rings. The first kappa shape index (κ1) is 30.0. The number of aromatic nitrogens is 2. The lowest BCUT2D eigenvalue weighted by Crippen LogP contribution is -2.31. The standard InChI is InChI=1S/C29H24FN3O10S/c1-39-24-15-19-14-22(26(34)31-17-18-8-10-20(30)11-9-18)29(35)42-23(19)16-25(24)40-12-5-13-41-27-28(33(36)43-32-27)44(37,38)21-6-3-2-4-7-21/h2-4,6-11,14-16H,5,12-13,17H2,1H3,(H,31,34). The molecule has 5 aromatic rings. The van der Waals surface area contributed by atoms with Gasteiger partial charge in [0, 0.05) is 24.4 Å². The molecule has 3 aromatic carbocycles. The Morgan fingerprint density at radius 1 is 1.02 bits per heavy atom. The molecule has 0 saturated carbocycles. The molecule has 5 rings (SSSR count). The van der Waals surface area contributed by atoms with E-state index in [9.17, 15) is 27.6 Å². The van der Waals surface area contributed by atoms with Crippen molar-refractivity contribution in [3.05, 3.63) is 105 Å². The van der Waals surface area contributed by atoms with Gasteiger partial charge in [-0.3, -0.25) is 9.42 Å². The highest BCUT2D eigenvalue weighted by molar-refractivity contribution is 7.91. The molecule has 2 heterocycles. The summed E-state index contributed by atoms with van der Waals surface area (Å²) in [5.74, 6) is -1.06. The molecule has 0 bridgehead atoms. The molecule has 2 aromatic heterocycles. The number of halogens is 1. The van der Waals surface area contributed by atoms with Gasteiger partial charge in [0.2, 0.25) is 0 Å². The molecule has 0 unspecified atom stereocenters. The zero-order chi connectivity index (χ0) is 31.3. The quantitative estimate of drug-likeness (QED) is 0.123. The van der Waals surface area contributed by atoms with E-state index in [4.69, 9.17) is 18.6 Å². The van der Waals surface area contributed by atoms with Crippen LogP contribution in [0.3, 0.4) is 0 Å². The molecule has 1 amide bonds. The normalized spacial score (nSPS) is 11.3. The summed E-state index contributed by atoms with van der Waals surface area (Å²) in [5, 5.41) is 17.7. The highest BCUT2D eigenvalue weighted by Crippen LogP contribution is 2.32. The Bertz CT molecular complexity index is 1960. The molecule has 228 valence electrons. The minimum absolute atomic E-state index is 0.0476. The first-order chi connectivity index (χ1) is 21.2. The highest BCUT2D eigenvalue weighted by Gasteiger charge is 2.35. The van der Waals surface area contributed by atoms with E-state index in [0.717, 1.165) is 0 Å². The first-order valence-electron chi connectivity index (χ1n) is 13.0. The van der Waals surface area contributed by atoms with Gasteiger partial charge in [-0.25, -0.2) is 17.6 Å². The summed E-state index contributed by atoms with van der Waals surface area (Å²) < 4.78 is 65.2. The lowest BCUT2D eigenvalue weighted by atomic mass is 10.1. The molecular formula is C29H24FN3O10S. The summed E-state index contributed by atoms with van der Waals surface area (Å²) in [6, 6.07) is 17.2. The average Bonchev–Trinajstić information content (AvgIpc) is 3.40. The molecule has 0 fully saturated rings. The Morgan fingerprint density at radius 3 is 2.48 bits per heavy atom. The SMILES string of the molecule is COc1cc2cc(C(=O)NCc3ccc(F)cc3)c(=O)oc2cc1OCCCOc1no[n+]([O-])c1S(=O)(=O)c1ccccc1. The second-order valence-corrected chi connectivity index (χ2v) is 11.1. The van der Waals surface area contributed by atoms with Crippen LogP contribution in [-0.2, 0) is 16.4 Å². The summed E-state index contributed by atoms with van der Waals surface area (Å²) in [7, 11) is -2.85. The summed E-state index contributed by atoms with van der Waals surface area (Å²) >= 11 is 0. The lowest BCUT2D eigenvalue weighted by Gasteiger charge is -2.12. The number of nitrogens with zero attached hydrogens (tertiary/aromatic N) is 2. The van der Waals surface area contributed by atoms with E-state index in [1.165, 1.54) is 73.8 Å². The highest BCUT2D eigenvalue weighted by atomic mass is 32.2. The number of sulfone groups is 1. The second kappa shape index (κ2) is 12.8. The van der Waals surface area contributed by atoms with E-state index >= 15 is 0 Å². The number of nitrogens with one attached hydrogen (secondary N) is 1. The number of rotatable bonds is 12. The van der Waals surface area contributed by atoms with Crippen molar-refractivity contribution in [2.45, 2.75) is 22.9 Å². The van der Waals surface area contributed by atoms with Gasteiger partial charge in [0.05, 0.1) is 30.4 Å². The van der Waals surface area contributed by atoms with Crippen molar-refractivity contribution >= 4 is 26.7 Å². The number of ether oxygens (including phenoxy) is 3. The molecule has 0 atom stereocenters. The third kappa shape index (κ3) is 6.47. The maximum absolute atomic E-state index is 13.1. The third-order valence-electron chi connectivity index (χ3n) is 6.27. The van der Waals surface area contributed by atoms with Crippen molar-refractivity contribution in [2.24, 2.45) is 0 Å². The van der Waals surface area contributed by atoms with E-state index in [0.29, 0.717) is 10.9 Å². The summed E-state index contributed by atoms with van der Waals surface area (Å²) in [6.45, 7) is 0.0330. The molecule has 0 aliphatic carbocycles. The Morgan fingerprint density at radius 2 is 1.75 bits per heavy atom. The zero-order valence-electron chi connectivity index (χ0n) is 23.0. The fourth-order valence-corrected chi connectivity index (χ4v) is 5.38. The predicted octanol–water partition coefficient (Wildman–Crippen LogP) is 3.17. The van der Waals surface area contributed by atoms with Gasteiger partial charge in [0.25, 0.3) is 15.7 Å². The maximum atomic E-state index is 13.1. The van der Waals surface area contributed by atoms with E-state index in [2.05, 4.69) is 15.1 Å². The van der Waals surface area contributed by atoms with Crippen LogP contribution in [0, 0.1) is 11.0 Å². The zero-order valence-corrected chi connectivity index (χ0v) is 23.8. The molecule has 0 saturated heterocycles. The summed E-state index contributed by atoms with van der Waals surface area (Å²) in [6.07, 6.45) is 0.217. The molecule has 0 aliphatic heterocycles. The van der Waals surface area contributed by atoms with Crippen LogP contribution in [0.4, 0.5) is 4.39 Å². The molecule has 15 heteroatoms. The Labute approximate surface area is 248 Å². The number of hydrogen-bond donors (Lipinski definition) is 1. The number of carbonyl (C=O) groups excluding carboxylic acids is 1. The van der Waals surface area contributed by atoms with Crippen LogP contribution in [0.5, 0.6) is 17.4 Å². The van der Waals surface area contributed by atoms with Crippen LogP contribution >= 0.6 is 0 Å². The van der Waals surface area contributed by atoms with Gasteiger partial charge in [0.1, 0.15) is 17.0 Å². The van der Waals surface area contributed by atoms with Crippen LogP contribution in [0.15, 0.2) is 96.6 Å². The number of methoxy groups -OCH3 is 1. The summed E-state index contributed by atoms with van der Waals surface area (Å²) in [5.41, 5.74) is -0.321. The fourth-order valence-electron chi connectivity index (χ4n) is 4.09. The van der Waals surface area contributed by atoms with Crippen molar-refractivity contribution in [2.75, 3.05) is 20.3 Å². The molecular weight excluding hydrogens is 601 g/mol. The van der Waals surface area contributed by atoms with E-state index in [1.54, 1.807) is 6.07 Å². The second-order valence-electron chi connectivity index (χ2n) is 9.20. The fraction of sp³-hybridized carbons (Fsp3) is 0.172. The van der Waals surface area contributed by atoms with Gasteiger partial charge in [-0.15, -0.1) is 0 Å². The number of amides is 1. The topological polar surface area (TPSA) is 174 Å². The Hall–Kier alpha value is -5.44. The smallest absolute Gasteiger partial charge is 0.414 e. The van der Waals surface area contributed by atoms with Crippen molar-refractivity contribution in [1.82, 2.24) is 10.5 Å². The van der Waals surface area contributed by atoms with E-state index in [1.807, 2.05) is 0 Å². The molecule has 44 heavy (non-hydrogen) atoms. The van der Waals surface area contributed by atoms with Crippen LogP contribution in [0.2, 0.25) is 0 Å². The van der Waals surface area contributed by atoms with Crippen LogP contribution < -0.4 is 30.1 Å². The number of benzene rings is 3. The van der Waals surface area contributed by atoms with E-state index in [-0.39, 0.29) is 58.6 Å². The number of hydrogen-bond acceptors (Lipinski definition) is 11. The minimum Gasteiger partial charge on any atom is -0.493 e. The van der Waals surface area contributed by atoms with Gasteiger partial charge < -0.3 is 29.2 Å². The third-order valence-corrected chi connectivity index (χ3v) is 7.99. The first-order valence-corrected chi connectivity index (χ1v) is 14.5. The van der Waals surface area contributed by atoms with Crippen molar-refractivity contribution in [3.8, 4) is 17.4 Å². The van der Waals surface area contributed by atoms with Crippen LogP contribution in [-0.4, -0.2) is 39.8 Å². The molecule has 0 spiro atoms. The largest absolute Gasteiger partial charge is 0.493 e. The summed E-state index contributed by atoms with van der Waals surface area (Å²) in [4.78, 5) is 24.9. The predicted molar refractivity (Wildman–Crippen MR) is 150 cm³/mol. The molecule has 1 N–H and O–H groups in total. The molecule has 13 nitrogen and oxygen atoms in total. The number of fused-ring (bicyclic) bond motifs is 1. The number of carbonyl (C=O) groups is 1. The lowest BCUT2D eigenvalue weighted by molar-refractivity contribution is -0.832. The van der Waals surface area contributed by atoms with Gasteiger partial charge in [-0.2, -0.15) is 0 Å². The van der Waals surface area contributed by atoms with Crippen LogP contribution in [0.25, 0.3) is 11.0 Å². The van der Waals surface area contributed by atoms with Crippen molar-refractivity contribution < 1.29 is 45.8 Å². The van der Waals surface area contributed by atoms with E-state index < -0.39 is 38.1 Å². The van der Waals surface area contributed by atoms with Gasteiger partial charge >= 0.3 is 16.5 Å². The van der Waals surface area contributed by atoms with Gasteiger partial charge in [0.15, 0.2) is 11.5 Å². The molecule has 0 radical (unpaired) electrons. The van der Waals surface area contributed by atoms with Gasteiger partial charge in [-0.05, 0) is 46.9 Å². The monoisotopic (exact) mass is 625 g/mol. The van der Waals surface area contributed by atoms with Crippen molar-refractivity contribution in [1.29, 1.82) is 0 Å². The minimum atomic E-state index is -4.25. The van der Waals surface area contributed by atoms with Crippen molar-refractivity contribution in [3.63, 3.8) is 0 Å². The Kier molecular flexibility index (Phi) is 8.76. The van der Waals surface area contributed by atoms with Crippen LogP contribution in [0.1, 0.15) is 22.3 Å².